The number of amides is 1. The Morgan fingerprint density at radius 2 is 1.71 bits per heavy atom. The number of fused-ring (bicyclic) bond motifs is 1. The summed E-state index contributed by atoms with van der Waals surface area (Å²) in [7, 11) is 2.15. The molecule has 1 heterocycles. The predicted molar refractivity (Wildman–Crippen MR) is 147 cm³/mol. The van der Waals surface area contributed by atoms with Crippen LogP contribution in [0.5, 0.6) is 11.5 Å². The van der Waals surface area contributed by atoms with E-state index >= 15 is 0 Å². The number of nitrogens with zero attached hydrogens (tertiary/aromatic N) is 1. The van der Waals surface area contributed by atoms with Gasteiger partial charge in [-0.05, 0) is 79.7 Å². The summed E-state index contributed by atoms with van der Waals surface area (Å²) in [6.07, 6.45) is 6.40. The molecular formula is C32H34N2O4. The van der Waals surface area contributed by atoms with Crippen LogP contribution in [-0.2, 0) is 18.3 Å². The molecule has 38 heavy (non-hydrogen) atoms. The van der Waals surface area contributed by atoms with Crippen LogP contribution in [0.3, 0.4) is 0 Å². The molecule has 3 aromatic carbocycles. The van der Waals surface area contributed by atoms with Gasteiger partial charge in [0.25, 0.3) is 5.91 Å². The molecule has 0 spiro atoms. The maximum absolute atomic E-state index is 13.2. The number of piperidine rings is 1. The van der Waals surface area contributed by atoms with Gasteiger partial charge >= 0.3 is 0 Å². The molecule has 1 unspecified atom stereocenters. The average molecular weight is 511 g/mol. The van der Waals surface area contributed by atoms with Crippen molar-refractivity contribution in [1.82, 2.24) is 10.2 Å². The summed E-state index contributed by atoms with van der Waals surface area (Å²) in [5.41, 5.74) is 5.11. The molecule has 0 aromatic heterocycles. The number of aliphatic hydroxyl groups excluding tert-OH is 1. The second kappa shape index (κ2) is 9.61. The minimum Gasteiger partial charge on any atom is -0.508 e. The molecule has 2 bridgehead atoms. The Kier molecular flexibility index (Phi) is 6.25. The number of aromatic hydroxyl groups is 2. The van der Waals surface area contributed by atoms with E-state index in [-0.39, 0.29) is 28.7 Å². The van der Waals surface area contributed by atoms with E-state index in [9.17, 15) is 20.1 Å². The molecule has 2 aliphatic carbocycles. The lowest BCUT2D eigenvalue weighted by Gasteiger charge is -2.57. The van der Waals surface area contributed by atoms with E-state index in [1.165, 1.54) is 0 Å². The third kappa shape index (κ3) is 4.18. The highest BCUT2D eigenvalue weighted by molar-refractivity contribution is 5.97. The molecule has 0 radical (unpaired) electrons. The standard InChI is InChI=1S/C32H34N2O4/c1-34-17-15-32-19-25(36)11-13-27(32)28(34)18-23-8-12-26(30(37)29(23)32)31(38)33-16-14-20-2-4-21(5-3-20)22-6-9-24(35)10-7-22/h2-13,25,27-28,35-37H,14-19H2,1H3,(H,33,38)/t25?,27-,28+,32-/m0/s1. The van der Waals surface area contributed by atoms with Crippen molar-refractivity contribution >= 4 is 5.91 Å². The molecular weight excluding hydrogens is 476 g/mol. The van der Waals surface area contributed by atoms with Crippen LogP contribution >= 0.6 is 0 Å². The van der Waals surface area contributed by atoms with Crippen LogP contribution in [0.4, 0.5) is 0 Å². The molecule has 6 nitrogen and oxygen atoms in total. The molecule has 196 valence electrons. The van der Waals surface area contributed by atoms with E-state index in [1.807, 2.05) is 48.5 Å². The van der Waals surface area contributed by atoms with E-state index in [1.54, 1.807) is 18.2 Å². The van der Waals surface area contributed by atoms with Gasteiger partial charge < -0.3 is 25.5 Å². The Morgan fingerprint density at radius 3 is 2.45 bits per heavy atom. The quantitative estimate of drug-likeness (QED) is 0.387. The third-order valence-electron chi connectivity index (χ3n) is 8.93. The summed E-state index contributed by atoms with van der Waals surface area (Å²) >= 11 is 0. The fourth-order valence-corrected chi connectivity index (χ4v) is 6.97. The maximum Gasteiger partial charge on any atom is 0.255 e. The third-order valence-corrected chi connectivity index (χ3v) is 8.93. The molecule has 1 saturated heterocycles. The summed E-state index contributed by atoms with van der Waals surface area (Å²) in [5, 5.41) is 34.5. The maximum atomic E-state index is 13.2. The Balaban J connectivity index is 1.18. The van der Waals surface area contributed by atoms with E-state index in [2.05, 4.69) is 23.3 Å². The number of carbonyl (C=O) groups is 1. The van der Waals surface area contributed by atoms with Crippen molar-refractivity contribution in [3.8, 4) is 22.6 Å². The van der Waals surface area contributed by atoms with Crippen molar-refractivity contribution in [2.45, 2.75) is 43.2 Å². The van der Waals surface area contributed by atoms with Crippen molar-refractivity contribution in [1.29, 1.82) is 0 Å². The zero-order chi connectivity index (χ0) is 26.4. The zero-order valence-corrected chi connectivity index (χ0v) is 21.6. The summed E-state index contributed by atoms with van der Waals surface area (Å²) in [4.78, 5) is 15.6. The molecule has 1 amide bonds. The van der Waals surface area contributed by atoms with Crippen molar-refractivity contribution < 1.29 is 20.1 Å². The summed E-state index contributed by atoms with van der Waals surface area (Å²) in [5.74, 6) is 0.259. The summed E-state index contributed by atoms with van der Waals surface area (Å²) in [6, 6.07) is 19.4. The topological polar surface area (TPSA) is 93.0 Å². The van der Waals surface area contributed by atoms with Crippen LogP contribution in [0.2, 0.25) is 0 Å². The van der Waals surface area contributed by atoms with Crippen LogP contribution < -0.4 is 5.32 Å². The Labute approximate surface area is 223 Å². The largest absolute Gasteiger partial charge is 0.508 e. The highest BCUT2D eigenvalue weighted by Gasteiger charge is 2.54. The number of rotatable bonds is 5. The van der Waals surface area contributed by atoms with Crippen LogP contribution in [-0.4, -0.2) is 58.4 Å². The van der Waals surface area contributed by atoms with Gasteiger partial charge in [0.1, 0.15) is 11.5 Å². The molecule has 3 aromatic rings. The molecule has 1 aliphatic heterocycles. The second-order valence-corrected chi connectivity index (χ2v) is 11.1. The number of likely N-dealkylation sites (N-methyl/N-ethyl adjacent to an activating group) is 1. The molecule has 0 saturated carbocycles. The number of phenols is 2. The SMILES string of the molecule is CN1CC[C@]23CC(O)C=C[C@H]2[C@H]1Cc1ccc(C(=O)NCCc2ccc(-c4ccc(O)cc4)cc2)c(O)c13. The van der Waals surface area contributed by atoms with E-state index in [4.69, 9.17) is 0 Å². The zero-order valence-electron chi connectivity index (χ0n) is 21.6. The second-order valence-electron chi connectivity index (χ2n) is 11.1. The number of likely N-dealkylation sites (tertiary alicyclic amines) is 1. The van der Waals surface area contributed by atoms with Crippen LogP contribution in [0.15, 0.2) is 72.8 Å². The lowest BCUT2D eigenvalue weighted by molar-refractivity contribution is 0.0195. The molecule has 3 aliphatic rings. The van der Waals surface area contributed by atoms with Crippen LogP contribution in [0.1, 0.15) is 39.9 Å². The van der Waals surface area contributed by atoms with Gasteiger partial charge in [0, 0.05) is 29.5 Å². The van der Waals surface area contributed by atoms with Crippen molar-refractivity contribution in [3.63, 3.8) is 0 Å². The Bertz CT molecular complexity index is 1380. The van der Waals surface area contributed by atoms with Crippen molar-refractivity contribution in [3.05, 3.63) is 95.1 Å². The van der Waals surface area contributed by atoms with Gasteiger partial charge in [-0.25, -0.2) is 0 Å². The number of hydrogen-bond donors (Lipinski definition) is 4. The number of carbonyl (C=O) groups excluding carboxylic acids is 1. The number of benzene rings is 3. The minimum absolute atomic E-state index is 0.0775. The van der Waals surface area contributed by atoms with E-state index in [0.717, 1.165) is 47.2 Å². The fourth-order valence-electron chi connectivity index (χ4n) is 6.97. The smallest absolute Gasteiger partial charge is 0.255 e. The lowest BCUT2D eigenvalue weighted by atomic mass is 9.53. The Hall–Kier alpha value is -3.61. The predicted octanol–water partition coefficient (Wildman–Crippen LogP) is 4.17. The van der Waals surface area contributed by atoms with Gasteiger partial charge in [0.05, 0.1) is 11.7 Å². The number of phenolic OH excluding ortho intramolecular Hbond substituents is 2. The van der Waals surface area contributed by atoms with Gasteiger partial charge in [-0.3, -0.25) is 4.79 Å². The van der Waals surface area contributed by atoms with Gasteiger partial charge in [-0.1, -0.05) is 54.6 Å². The molecule has 1 fully saturated rings. The number of aliphatic hydroxyl groups is 1. The van der Waals surface area contributed by atoms with E-state index in [0.29, 0.717) is 31.0 Å². The summed E-state index contributed by atoms with van der Waals surface area (Å²) in [6.45, 7) is 1.36. The van der Waals surface area contributed by atoms with Gasteiger partial charge in [0.15, 0.2) is 0 Å². The number of hydrogen-bond acceptors (Lipinski definition) is 5. The normalized spacial score (nSPS) is 25.9. The molecule has 4 N–H and O–H groups in total. The molecule has 6 rings (SSSR count). The molecule has 6 heteroatoms. The molecule has 4 atom stereocenters. The first-order valence-electron chi connectivity index (χ1n) is 13.4. The van der Waals surface area contributed by atoms with Crippen molar-refractivity contribution in [2.24, 2.45) is 5.92 Å². The van der Waals surface area contributed by atoms with Crippen molar-refractivity contribution in [2.75, 3.05) is 20.1 Å². The Morgan fingerprint density at radius 1 is 1.00 bits per heavy atom. The lowest BCUT2D eigenvalue weighted by Crippen LogP contribution is -2.60. The minimum atomic E-state index is -0.543. The first-order chi connectivity index (χ1) is 18.4. The number of nitrogens with one attached hydrogen (secondary N) is 1. The van der Waals surface area contributed by atoms with E-state index < -0.39 is 6.10 Å². The highest BCUT2D eigenvalue weighted by Crippen LogP contribution is 2.56. The monoisotopic (exact) mass is 510 g/mol. The first kappa shape index (κ1) is 24.7. The van der Waals surface area contributed by atoms with Gasteiger partial charge in [-0.2, -0.15) is 0 Å². The highest BCUT2D eigenvalue weighted by atomic mass is 16.3. The fraction of sp³-hybridized carbons (Fsp3) is 0.344. The first-order valence-corrected chi connectivity index (χ1v) is 13.4. The van der Waals surface area contributed by atoms with Gasteiger partial charge in [0.2, 0.25) is 0 Å². The summed E-state index contributed by atoms with van der Waals surface area (Å²) < 4.78 is 0. The van der Waals surface area contributed by atoms with Gasteiger partial charge in [-0.15, -0.1) is 0 Å². The average Bonchev–Trinajstić information content (AvgIpc) is 2.91. The van der Waals surface area contributed by atoms with Crippen LogP contribution in [0.25, 0.3) is 11.1 Å². The van der Waals surface area contributed by atoms with Crippen LogP contribution in [0, 0.1) is 5.92 Å².